The Morgan fingerprint density at radius 3 is 2.24 bits per heavy atom. The van der Waals surface area contributed by atoms with E-state index >= 15 is 0 Å². The molecule has 2 amide bonds. The van der Waals surface area contributed by atoms with Gasteiger partial charge in [0.05, 0.1) is 11.6 Å². The Morgan fingerprint density at radius 2 is 1.76 bits per heavy atom. The molecule has 5 heteroatoms. The van der Waals surface area contributed by atoms with Gasteiger partial charge in [0, 0.05) is 38.0 Å². The van der Waals surface area contributed by atoms with Gasteiger partial charge in [0.2, 0.25) is 11.8 Å². The van der Waals surface area contributed by atoms with Crippen LogP contribution in [0.5, 0.6) is 0 Å². The number of rotatable bonds is 3. The van der Waals surface area contributed by atoms with Gasteiger partial charge >= 0.3 is 0 Å². The fourth-order valence-electron chi connectivity index (χ4n) is 3.15. The van der Waals surface area contributed by atoms with Crippen LogP contribution in [-0.2, 0) is 16.1 Å². The molecule has 1 aromatic carbocycles. The summed E-state index contributed by atoms with van der Waals surface area (Å²) >= 11 is 0. The summed E-state index contributed by atoms with van der Waals surface area (Å²) in [5.41, 5.74) is 1.26. The van der Waals surface area contributed by atoms with Crippen LogP contribution in [0.2, 0.25) is 0 Å². The number of nitriles is 1. The molecule has 0 unspecified atom stereocenters. The van der Waals surface area contributed by atoms with E-state index in [2.05, 4.69) is 6.07 Å². The number of likely N-dealkylation sites (tertiary alicyclic amines) is 1. The van der Waals surface area contributed by atoms with Crippen LogP contribution in [0.15, 0.2) is 24.3 Å². The van der Waals surface area contributed by atoms with E-state index in [0.29, 0.717) is 25.2 Å². The lowest BCUT2D eigenvalue weighted by atomic mass is 9.90. The van der Waals surface area contributed by atoms with Crippen LogP contribution < -0.4 is 0 Å². The molecule has 0 spiro atoms. The van der Waals surface area contributed by atoms with Gasteiger partial charge in [0.1, 0.15) is 0 Å². The third kappa shape index (κ3) is 4.82. The first-order valence-electron chi connectivity index (χ1n) is 8.76. The number of benzene rings is 1. The molecule has 134 valence electrons. The number of piperidine rings is 1. The van der Waals surface area contributed by atoms with Gasteiger partial charge in [-0.3, -0.25) is 9.59 Å². The fourth-order valence-corrected chi connectivity index (χ4v) is 3.15. The summed E-state index contributed by atoms with van der Waals surface area (Å²) in [5, 5.41) is 8.84. The molecular formula is C20H27N3O2. The number of carbonyl (C=O) groups is 2. The Bertz CT molecular complexity index is 660. The maximum Gasteiger partial charge on any atom is 0.227 e. The molecule has 2 rings (SSSR count). The smallest absolute Gasteiger partial charge is 0.227 e. The highest BCUT2D eigenvalue weighted by molar-refractivity contribution is 5.82. The second-order valence-corrected chi connectivity index (χ2v) is 7.82. The predicted octanol–water partition coefficient (Wildman–Crippen LogP) is 2.80. The quantitative estimate of drug-likeness (QED) is 0.849. The van der Waals surface area contributed by atoms with Crippen LogP contribution in [0, 0.1) is 22.7 Å². The van der Waals surface area contributed by atoms with E-state index in [1.165, 1.54) is 0 Å². The van der Waals surface area contributed by atoms with Crippen LogP contribution >= 0.6 is 0 Å². The fraction of sp³-hybridized carbons (Fsp3) is 0.550. The second kappa shape index (κ2) is 7.69. The van der Waals surface area contributed by atoms with E-state index in [1.807, 2.05) is 44.9 Å². The summed E-state index contributed by atoms with van der Waals surface area (Å²) in [6, 6.07) is 9.39. The van der Waals surface area contributed by atoms with Crippen molar-refractivity contribution in [3.05, 3.63) is 35.4 Å². The molecule has 5 nitrogen and oxygen atoms in total. The molecule has 1 aromatic rings. The van der Waals surface area contributed by atoms with E-state index in [0.717, 1.165) is 18.4 Å². The van der Waals surface area contributed by atoms with Gasteiger partial charge in [0.15, 0.2) is 0 Å². The summed E-state index contributed by atoms with van der Waals surface area (Å²) in [5.74, 6) is 0.268. The number of hydrogen-bond acceptors (Lipinski definition) is 3. The van der Waals surface area contributed by atoms with Crippen molar-refractivity contribution in [1.29, 1.82) is 5.26 Å². The zero-order valence-electron chi connectivity index (χ0n) is 15.6. The summed E-state index contributed by atoms with van der Waals surface area (Å²) in [7, 11) is 1.81. The molecule has 0 saturated carbocycles. The average Bonchev–Trinajstić information content (AvgIpc) is 2.60. The minimum absolute atomic E-state index is 0.0209. The Hall–Kier alpha value is -2.35. The standard InChI is InChI=1S/C20H27N3O2/c1-20(2,3)19(25)23-11-9-17(10-12-23)18(24)22(4)14-16-7-5-15(13-21)6-8-16/h5-8,17H,9-12,14H2,1-4H3. The SMILES string of the molecule is CN(Cc1ccc(C#N)cc1)C(=O)C1CCN(C(=O)C(C)(C)C)CC1. The average molecular weight is 341 g/mol. The molecule has 1 aliphatic heterocycles. The molecule has 0 N–H and O–H groups in total. The lowest BCUT2D eigenvalue weighted by Gasteiger charge is -2.36. The highest BCUT2D eigenvalue weighted by Crippen LogP contribution is 2.25. The van der Waals surface area contributed by atoms with Gasteiger partial charge in [-0.15, -0.1) is 0 Å². The van der Waals surface area contributed by atoms with Gasteiger partial charge < -0.3 is 9.80 Å². The normalized spacial score (nSPS) is 15.6. The van der Waals surface area contributed by atoms with E-state index < -0.39 is 0 Å². The minimum atomic E-state index is -0.372. The lowest BCUT2D eigenvalue weighted by molar-refractivity contribution is -0.144. The summed E-state index contributed by atoms with van der Waals surface area (Å²) in [6.07, 6.45) is 1.44. The zero-order valence-corrected chi connectivity index (χ0v) is 15.6. The van der Waals surface area contributed by atoms with Crippen molar-refractivity contribution in [2.75, 3.05) is 20.1 Å². The van der Waals surface area contributed by atoms with Crippen molar-refractivity contribution in [2.45, 2.75) is 40.2 Å². The largest absolute Gasteiger partial charge is 0.342 e. The first-order valence-corrected chi connectivity index (χ1v) is 8.76. The van der Waals surface area contributed by atoms with Gasteiger partial charge in [-0.2, -0.15) is 5.26 Å². The Labute approximate surface area is 150 Å². The minimum Gasteiger partial charge on any atom is -0.342 e. The molecule has 0 radical (unpaired) electrons. The maximum atomic E-state index is 12.7. The molecular weight excluding hydrogens is 314 g/mol. The van der Waals surface area contributed by atoms with Crippen molar-refractivity contribution in [3.8, 4) is 6.07 Å². The third-order valence-corrected chi connectivity index (χ3v) is 4.65. The lowest BCUT2D eigenvalue weighted by Crippen LogP contribution is -2.46. The number of amides is 2. The van der Waals surface area contributed by atoms with Crippen molar-refractivity contribution in [2.24, 2.45) is 11.3 Å². The number of carbonyl (C=O) groups excluding carboxylic acids is 2. The Morgan fingerprint density at radius 1 is 1.20 bits per heavy atom. The summed E-state index contributed by atoms with van der Waals surface area (Å²) < 4.78 is 0. The number of nitrogens with zero attached hydrogens (tertiary/aromatic N) is 3. The molecule has 1 fully saturated rings. The van der Waals surface area contributed by atoms with Gasteiger partial charge in [-0.05, 0) is 30.5 Å². The number of hydrogen-bond donors (Lipinski definition) is 0. The molecule has 0 bridgehead atoms. The second-order valence-electron chi connectivity index (χ2n) is 7.82. The Kier molecular flexibility index (Phi) is 5.84. The van der Waals surface area contributed by atoms with Crippen molar-refractivity contribution in [3.63, 3.8) is 0 Å². The molecule has 0 aromatic heterocycles. The molecule has 0 aliphatic carbocycles. The van der Waals surface area contributed by atoms with Crippen molar-refractivity contribution >= 4 is 11.8 Å². The third-order valence-electron chi connectivity index (χ3n) is 4.65. The molecule has 25 heavy (non-hydrogen) atoms. The first-order chi connectivity index (χ1) is 11.7. The highest BCUT2D eigenvalue weighted by Gasteiger charge is 2.33. The highest BCUT2D eigenvalue weighted by atomic mass is 16.2. The van der Waals surface area contributed by atoms with Gasteiger partial charge in [0.25, 0.3) is 0 Å². The van der Waals surface area contributed by atoms with Crippen LogP contribution in [0.4, 0.5) is 0 Å². The van der Waals surface area contributed by atoms with E-state index in [1.54, 1.807) is 17.0 Å². The van der Waals surface area contributed by atoms with Crippen LogP contribution in [0.1, 0.15) is 44.7 Å². The van der Waals surface area contributed by atoms with Crippen LogP contribution in [-0.4, -0.2) is 41.8 Å². The first kappa shape index (κ1) is 19.0. The van der Waals surface area contributed by atoms with Gasteiger partial charge in [-0.25, -0.2) is 0 Å². The summed E-state index contributed by atoms with van der Waals surface area (Å²) in [6.45, 7) is 7.62. The van der Waals surface area contributed by atoms with Crippen molar-refractivity contribution < 1.29 is 9.59 Å². The Balaban J connectivity index is 1.89. The molecule has 1 saturated heterocycles. The molecule has 0 atom stereocenters. The van der Waals surface area contributed by atoms with E-state index in [9.17, 15) is 9.59 Å². The van der Waals surface area contributed by atoms with Crippen LogP contribution in [0.25, 0.3) is 0 Å². The van der Waals surface area contributed by atoms with E-state index in [-0.39, 0.29) is 23.1 Å². The van der Waals surface area contributed by atoms with Crippen molar-refractivity contribution in [1.82, 2.24) is 9.80 Å². The van der Waals surface area contributed by atoms with E-state index in [4.69, 9.17) is 5.26 Å². The molecule has 1 aliphatic rings. The topological polar surface area (TPSA) is 64.4 Å². The maximum absolute atomic E-state index is 12.7. The summed E-state index contributed by atoms with van der Waals surface area (Å²) in [4.78, 5) is 28.6. The zero-order chi connectivity index (χ0) is 18.6. The van der Waals surface area contributed by atoms with Gasteiger partial charge in [-0.1, -0.05) is 32.9 Å². The monoisotopic (exact) mass is 341 g/mol. The molecule has 1 heterocycles. The van der Waals surface area contributed by atoms with Crippen LogP contribution in [0.3, 0.4) is 0 Å². The predicted molar refractivity (Wildman–Crippen MR) is 96.4 cm³/mol.